The van der Waals surface area contributed by atoms with Crippen LogP contribution in [0.2, 0.25) is 0 Å². The van der Waals surface area contributed by atoms with Gasteiger partial charge in [-0.1, -0.05) is 36.5 Å². The fourth-order valence-corrected chi connectivity index (χ4v) is 2.81. The molecule has 162 valence electrons. The molecule has 0 bridgehead atoms. The summed E-state index contributed by atoms with van der Waals surface area (Å²) in [5.74, 6) is -4.32. The van der Waals surface area contributed by atoms with Crippen LogP contribution in [0.3, 0.4) is 0 Å². The number of hydrogen-bond donors (Lipinski definition) is 2. The van der Waals surface area contributed by atoms with E-state index in [1.807, 2.05) is 0 Å². The number of aliphatic carboxylic acids is 1. The number of carbonyl (C=O) groups is 4. The first-order valence-corrected chi connectivity index (χ1v) is 9.72. The Hall–Kier alpha value is -3.59. The first kappa shape index (κ1) is 23.7. The van der Waals surface area contributed by atoms with Crippen molar-refractivity contribution in [2.45, 2.75) is 13.3 Å². The number of hydrogen-bond acceptors (Lipinski definition) is 7. The number of carbonyl (C=O) groups excluding carboxylic acids is 3. The van der Waals surface area contributed by atoms with Crippen molar-refractivity contribution in [1.82, 2.24) is 0 Å². The van der Waals surface area contributed by atoms with E-state index < -0.39 is 35.8 Å². The number of carboxylic acid groups (broad SMARTS) is 1. The minimum Gasteiger partial charge on any atom is -0.482 e. The second kappa shape index (κ2) is 11.0. The maximum atomic E-state index is 12.6. The maximum Gasteiger partial charge on any atom is 0.344 e. The average molecular weight is 443 g/mol. The summed E-state index contributed by atoms with van der Waals surface area (Å²) in [5.41, 5.74) is 6.41. The summed E-state index contributed by atoms with van der Waals surface area (Å²) in [4.78, 5) is 48.3. The first-order valence-electron chi connectivity index (χ1n) is 9.31. The molecule has 0 aliphatic rings. The third-order valence-corrected chi connectivity index (χ3v) is 4.53. The topological polar surface area (TPSA) is 133 Å². The zero-order chi connectivity index (χ0) is 23.0. The lowest BCUT2D eigenvalue weighted by Crippen LogP contribution is -2.27. The van der Waals surface area contributed by atoms with E-state index in [9.17, 15) is 24.3 Å². The van der Waals surface area contributed by atoms with E-state index in [1.165, 1.54) is 48.5 Å². The lowest BCUT2D eigenvalue weighted by Gasteiger charge is -2.12. The van der Waals surface area contributed by atoms with Crippen molar-refractivity contribution in [3.8, 4) is 5.75 Å². The summed E-state index contributed by atoms with van der Waals surface area (Å²) >= 11 is 4.85. The van der Waals surface area contributed by atoms with Crippen molar-refractivity contribution in [3.05, 3.63) is 65.2 Å². The molecule has 0 saturated heterocycles. The Morgan fingerprint density at radius 2 is 1.52 bits per heavy atom. The smallest absolute Gasteiger partial charge is 0.344 e. The molecular formula is C22H21NO7S. The average Bonchev–Trinajstić information content (AvgIpc) is 2.75. The summed E-state index contributed by atoms with van der Waals surface area (Å²) in [6, 6.07) is 11.7. The number of benzene rings is 2. The fraction of sp³-hybridized carbons (Fsp3) is 0.227. The molecule has 0 unspecified atom stereocenters. The third-order valence-electron chi connectivity index (χ3n) is 4.30. The second-order valence-electron chi connectivity index (χ2n) is 6.44. The van der Waals surface area contributed by atoms with Gasteiger partial charge < -0.3 is 20.3 Å². The van der Waals surface area contributed by atoms with E-state index in [0.29, 0.717) is 11.3 Å². The van der Waals surface area contributed by atoms with Crippen molar-refractivity contribution >= 4 is 40.7 Å². The van der Waals surface area contributed by atoms with Crippen LogP contribution in [0.4, 0.5) is 0 Å². The number of Topliss-reactive ketones (excluding diaryl/α,β-unsaturated/α-hetero) is 2. The molecule has 0 aliphatic heterocycles. The van der Waals surface area contributed by atoms with E-state index in [2.05, 4.69) is 0 Å². The standard InChI is InChI=1S/C22H21NO7S/c1-2-29-19(25)12-30-16-9-7-13(8-10-16)18(24)11-17(22(27)28)20(26)14-3-5-15(6-4-14)21(23)31/h3-10,17H,2,11-12H2,1H3,(H2,23,31)(H,27,28)/t17-/m0/s1. The number of carboxylic acids is 1. The van der Waals surface area contributed by atoms with Crippen LogP contribution in [0, 0.1) is 5.92 Å². The largest absolute Gasteiger partial charge is 0.482 e. The number of esters is 1. The molecule has 0 aliphatic carbocycles. The van der Waals surface area contributed by atoms with Crippen LogP contribution < -0.4 is 10.5 Å². The molecule has 3 N–H and O–H groups in total. The van der Waals surface area contributed by atoms with Gasteiger partial charge >= 0.3 is 11.9 Å². The maximum absolute atomic E-state index is 12.6. The molecule has 1 atom stereocenters. The van der Waals surface area contributed by atoms with Crippen LogP contribution >= 0.6 is 12.2 Å². The van der Waals surface area contributed by atoms with Gasteiger partial charge in [-0.2, -0.15) is 0 Å². The van der Waals surface area contributed by atoms with E-state index in [0.717, 1.165) is 0 Å². The van der Waals surface area contributed by atoms with Gasteiger partial charge in [0.1, 0.15) is 16.7 Å². The van der Waals surface area contributed by atoms with Crippen LogP contribution in [0.1, 0.15) is 39.6 Å². The Morgan fingerprint density at radius 1 is 0.968 bits per heavy atom. The van der Waals surface area contributed by atoms with Crippen LogP contribution in [0.5, 0.6) is 5.75 Å². The quantitative estimate of drug-likeness (QED) is 0.232. The predicted octanol–water partition coefficient (Wildman–Crippen LogP) is 2.42. The van der Waals surface area contributed by atoms with Gasteiger partial charge in [0.2, 0.25) is 0 Å². The van der Waals surface area contributed by atoms with E-state index in [-0.39, 0.29) is 29.3 Å². The summed E-state index contributed by atoms with van der Waals surface area (Å²) < 4.78 is 10.00. The lowest BCUT2D eigenvalue weighted by atomic mass is 9.90. The number of rotatable bonds is 11. The van der Waals surface area contributed by atoms with Crippen LogP contribution in [-0.4, -0.2) is 46.8 Å². The highest BCUT2D eigenvalue weighted by molar-refractivity contribution is 7.80. The lowest BCUT2D eigenvalue weighted by molar-refractivity contribution is -0.145. The zero-order valence-corrected chi connectivity index (χ0v) is 17.5. The molecule has 0 radical (unpaired) electrons. The molecule has 2 rings (SSSR count). The van der Waals surface area contributed by atoms with Gasteiger partial charge in [0.25, 0.3) is 0 Å². The highest BCUT2D eigenvalue weighted by Gasteiger charge is 2.30. The van der Waals surface area contributed by atoms with Gasteiger partial charge in [-0.25, -0.2) is 4.79 Å². The Bertz CT molecular complexity index is 984. The molecule has 2 aromatic carbocycles. The van der Waals surface area contributed by atoms with Gasteiger partial charge in [-0.15, -0.1) is 0 Å². The van der Waals surface area contributed by atoms with Crippen molar-refractivity contribution in [2.75, 3.05) is 13.2 Å². The fourth-order valence-electron chi connectivity index (χ4n) is 2.68. The SMILES string of the molecule is CCOC(=O)COc1ccc(C(=O)C[C@H](C(=O)O)C(=O)c2ccc(C(N)=S)cc2)cc1. The molecule has 0 spiro atoms. The molecule has 8 nitrogen and oxygen atoms in total. The minimum absolute atomic E-state index is 0.142. The van der Waals surface area contributed by atoms with Crippen molar-refractivity contribution in [2.24, 2.45) is 11.7 Å². The van der Waals surface area contributed by atoms with Crippen molar-refractivity contribution in [1.29, 1.82) is 0 Å². The highest BCUT2D eigenvalue weighted by Crippen LogP contribution is 2.19. The molecular weight excluding hydrogens is 422 g/mol. The number of ketones is 2. The van der Waals surface area contributed by atoms with E-state index in [1.54, 1.807) is 6.92 Å². The van der Waals surface area contributed by atoms with Crippen LogP contribution in [0.25, 0.3) is 0 Å². The molecule has 0 heterocycles. The Kier molecular flexibility index (Phi) is 8.39. The van der Waals surface area contributed by atoms with E-state index >= 15 is 0 Å². The Balaban J connectivity index is 2.06. The van der Waals surface area contributed by atoms with Gasteiger partial charge in [-0.05, 0) is 31.2 Å². The molecule has 0 fully saturated rings. The van der Waals surface area contributed by atoms with Gasteiger partial charge in [0.05, 0.1) is 6.61 Å². The molecule has 0 aromatic heterocycles. The predicted molar refractivity (Wildman–Crippen MR) is 115 cm³/mol. The van der Waals surface area contributed by atoms with Crippen LogP contribution in [-0.2, 0) is 14.3 Å². The van der Waals surface area contributed by atoms with Crippen LogP contribution in [0.15, 0.2) is 48.5 Å². The van der Waals surface area contributed by atoms with E-state index in [4.69, 9.17) is 27.4 Å². The summed E-state index contributed by atoms with van der Waals surface area (Å²) in [5, 5.41) is 9.48. The highest BCUT2D eigenvalue weighted by atomic mass is 32.1. The second-order valence-corrected chi connectivity index (χ2v) is 6.88. The Morgan fingerprint density at radius 3 is 2.03 bits per heavy atom. The summed E-state index contributed by atoms with van der Waals surface area (Å²) in [6.45, 7) is 1.64. The summed E-state index contributed by atoms with van der Waals surface area (Å²) in [6.07, 6.45) is -0.506. The monoisotopic (exact) mass is 443 g/mol. The molecule has 9 heteroatoms. The number of ether oxygens (including phenoxy) is 2. The molecule has 31 heavy (non-hydrogen) atoms. The molecule has 2 aromatic rings. The normalized spacial score (nSPS) is 11.3. The van der Waals surface area contributed by atoms with Crippen molar-refractivity contribution < 1.29 is 33.8 Å². The van der Waals surface area contributed by atoms with Gasteiger partial charge in [0.15, 0.2) is 18.2 Å². The third kappa shape index (κ3) is 6.71. The molecule has 0 amide bonds. The first-order chi connectivity index (χ1) is 14.7. The number of thiocarbonyl (C=S) groups is 1. The van der Waals surface area contributed by atoms with Crippen molar-refractivity contribution in [3.63, 3.8) is 0 Å². The van der Waals surface area contributed by atoms with Gasteiger partial charge in [0, 0.05) is 23.1 Å². The van der Waals surface area contributed by atoms with Gasteiger partial charge in [-0.3, -0.25) is 14.4 Å². The zero-order valence-electron chi connectivity index (χ0n) is 16.7. The minimum atomic E-state index is -1.54. The summed E-state index contributed by atoms with van der Waals surface area (Å²) in [7, 11) is 0. The Labute approximate surface area is 184 Å². The number of nitrogens with two attached hydrogens (primary N) is 1. The molecule has 0 saturated carbocycles.